The summed E-state index contributed by atoms with van der Waals surface area (Å²) in [7, 11) is 1.71. The van der Waals surface area contributed by atoms with Crippen molar-refractivity contribution >= 4 is 28.4 Å². The zero-order valence-electron chi connectivity index (χ0n) is 12.4. The first kappa shape index (κ1) is 14.9. The summed E-state index contributed by atoms with van der Waals surface area (Å²) in [5, 5.41) is 3.51. The molecule has 0 fully saturated rings. The van der Waals surface area contributed by atoms with Crippen molar-refractivity contribution < 1.29 is 9.59 Å². The molecular formula is C15H20N4O2. The Hall–Kier alpha value is -2.50. The maximum atomic E-state index is 12.3. The fraction of sp³-hybridized carbons (Fsp3) is 0.333. The Morgan fingerprint density at radius 3 is 2.81 bits per heavy atom. The number of nitrogen functional groups attached to an aromatic ring is 1. The lowest BCUT2D eigenvalue weighted by Crippen LogP contribution is -2.45. The molecule has 4 N–H and O–H groups in total. The number of nitrogens with two attached hydrogens (primary N) is 1. The van der Waals surface area contributed by atoms with Crippen LogP contribution in [0.1, 0.15) is 24.2 Å². The molecule has 21 heavy (non-hydrogen) atoms. The summed E-state index contributed by atoms with van der Waals surface area (Å²) >= 11 is 0. The van der Waals surface area contributed by atoms with Gasteiger partial charge in [-0.1, -0.05) is 0 Å². The third kappa shape index (κ3) is 2.99. The number of hydrogen-bond acceptors (Lipinski definition) is 3. The van der Waals surface area contributed by atoms with Crippen LogP contribution in [0.15, 0.2) is 24.4 Å². The van der Waals surface area contributed by atoms with Gasteiger partial charge < -0.3 is 20.9 Å². The minimum atomic E-state index is -0.568. The summed E-state index contributed by atoms with van der Waals surface area (Å²) in [4.78, 5) is 28.9. The number of fused-ring (bicyclic) bond motifs is 1. The molecule has 0 aliphatic rings. The molecule has 1 atom stereocenters. The number of aromatic amines is 1. The van der Waals surface area contributed by atoms with Crippen molar-refractivity contribution in [2.24, 2.45) is 0 Å². The molecule has 1 aromatic carbocycles. The van der Waals surface area contributed by atoms with Gasteiger partial charge in [-0.3, -0.25) is 9.59 Å². The number of H-pyrrole nitrogens is 1. The molecule has 0 aliphatic heterocycles. The number of likely N-dealkylation sites (N-methyl/N-ethyl adjacent to an activating group) is 1. The highest BCUT2D eigenvalue weighted by atomic mass is 16.2. The molecule has 0 saturated heterocycles. The van der Waals surface area contributed by atoms with Gasteiger partial charge in [0.25, 0.3) is 5.91 Å². The summed E-state index contributed by atoms with van der Waals surface area (Å²) in [6.07, 6.45) is 1.63. The Morgan fingerprint density at radius 2 is 2.14 bits per heavy atom. The smallest absolute Gasteiger partial charge is 0.254 e. The molecule has 1 aromatic heterocycles. The van der Waals surface area contributed by atoms with E-state index in [1.54, 1.807) is 43.3 Å². The maximum absolute atomic E-state index is 12.3. The summed E-state index contributed by atoms with van der Waals surface area (Å²) in [6.45, 7) is 4.17. The number of anilines is 1. The lowest BCUT2D eigenvalue weighted by atomic mass is 10.1. The molecule has 0 spiro atoms. The standard InChI is InChI=1S/C15H20N4O2/c1-4-19(3)15(21)9(2)18-14(20)12-8-17-13-7-10(16)5-6-11(12)13/h5-9,17H,4,16H2,1-3H3,(H,18,20). The molecule has 0 radical (unpaired) electrons. The molecule has 2 amide bonds. The van der Waals surface area contributed by atoms with Gasteiger partial charge in [-0.25, -0.2) is 0 Å². The average Bonchev–Trinajstić information content (AvgIpc) is 2.88. The molecule has 0 saturated carbocycles. The Labute approximate surface area is 123 Å². The van der Waals surface area contributed by atoms with Gasteiger partial charge in [0.15, 0.2) is 0 Å². The lowest BCUT2D eigenvalue weighted by Gasteiger charge is -2.20. The molecule has 2 rings (SSSR count). The summed E-state index contributed by atoms with van der Waals surface area (Å²) < 4.78 is 0. The summed E-state index contributed by atoms with van der Waals surface area (Å²) in [5.74, 6) is -0.397. The van der Waals surface area contributed by atoms with Gasteiger partial charge in [0, 0.05) is 36.4 Å². The number of amides is 2. The van der Waals surface area contributed by atoms with Crippen LogP contribution in [-0.2, 0) is 4.79 Å². The first-order chi connectivity index (χ1) is 9.93. The van der Waals surface area contributed by atoms with E-state index in [-0.39, 0.29) is 11.8 Å². The van der Waals surface area contributed by atoms with Crippen LogP contribution in [0.4, 0.5) is 5.69 Å². The molecule has 1 heterocycles. The monoisotopic (exact) mass is 288 g/mol. The molecule has 0 bridgehead atoms. The van der Waals surface area contributed by atoms with Crippen LogP contribution in [0.3, 0.4) is 0 Å². The number of aromatic nitrogens is 1. The van der Waals surface area contributed by atoms with Gasteiger partial charge in [-0.2, -0.15) is 0 Å². The van der Waals surface area contributed by atoms with Crippen LogP contribution in [0.2, 0.25) is 0 Å². The maximum Gasteiger partial charge on any atom is 0.254 e. The first-order valence-electron chi connectivity index (χ1n) is 6.86. The van der Waals surface area contributed by atoms with E-state index in [9.17, 15) is 9.59 Å². The predicted octanol–water partition coefficient (Wildman–Crippen LogP) is 1.35. The Bertz CT molecular complexity index is 677. The van der Waals surface area contributed by atoms with Crippen LogP contribution >= 0.6 is 0 Å². The lowest BCUT2D eigenvalue weighted by molar-refractivity contribution is -0.131. The normalized spacial score (nSPS) is 12.1. The molecule has 0 aliphatic carbocycles. The van der Waals surface area contributed by atoms with Crippen LogP contribution in [0.25, 0.3) is 10.9 Å². The average molecular weight is 288 g/mol. The zero-order valence-corrected chi connectivity index (χ0v) is 12.4. The van der Waals surface area contributed by atoms with Gasteiger partial charge in [0.05, 0.1) is 5.56 Å². The van der Waals surface area contributed by atoms with E-state index in [0.29, 0.717) is 17.8 Å². The van der Waals surface area contributed by atoms with Crippen molar-refractivity contribution in [2.45, 2.75) is 19.9 Å². The second kappa shape index (κ2) is 5.87. The van der Waals surface area contributed by atoms with Crippen molar-refractivity contribution in [3.63, 3.8) is 0 Å². The Kier molecular flexibility index (Phi) is 4.16. The van der Waals surface area contributed by atoms with Crippen LogP contribution in [0.5, 0.6) is 0 Å². The number of nitrogens with one attached hydrogen (secondary N) is 2. The number of carbonyl (C=O) groups excluding carboxylic acids is 2. The number of benzene rings is 1. The molecule has 2 aromatic rings. The van der Waals surface area contributed by atoms with E-state index in [4.69, 9.17) is 5.73 Å². The molecular weight excluding hydrogens is 268 g/mol. The van der Waals surface area contributed by atoms with Gasteiger partial charge in [-0.15, -0.1) is 0 Å². The van der Waals surface area contributed by atoms with Crippen molar-refractivity contribution in [3.05, 3.63) is 30.0 Å². The van der Waals surface area contributed by atoms with Crippen molar-refractivity contribution in [1.29, 1.82) is 0 Å². The van der Waals surface area contributed by atoms with Crippen molar-refractivity contribution in [3.8, 4) is 0 Å². The minimum Gasteiger partial charge on any atom is -0.399 e. The largest absolute Gasteiger partial charge is 0.399 e. The zero-order chi connectivity index (χ0) is 15.6. The SMILES string of the molecule is CCN(C)C(=O)C(C)NC(=O)c1c[nH]c2cc(N)ccc12. The van der Waals surface area contributed by atoms with Gasteiger partial charge in [0.1, 0.15) is 6.04 Å². The van der Waals surface area contributed by atoms with Gasteiger partial charge in [-0.05, 0) is 32.0 Å². The fourth-order valence-electron chi connectivity index (χ4n) is 2.15. The Morgan fingerprint density at radius 1 is 1.43 bits per heavy atom. The summed E-state index contributed by atoms with van der Waals surface area (Å²) in [5.41, 5.74) is 7.64. The number of nitrogens with zero attached hydrogens (tertiary/aromatic N) is 1. The Balaban J connectivity index is 2.17. The van der Waals surface area contributed by atoms with E-state index in [2.05, 4.69) is 10.3 Å². The quantitative estimate of drug-likeness (QED) is 0.742. The van der Waals surface area contributed by atoms with Crippen LogP contribution in [0, 0.1) is 0 Å². The van der Waals surface area contributed by atoms with Gasteiger partial charge in [0.2, 0.25) is 5.91 Å². The number of carbonyl (C=O) groups is 2. The number of hydrogen-bond donors (Lipinski definition) is 3. The van der Waals surface area contributed by atoms with Crippen molar-refractivity contribution in [2.75, 3.05) is 19.3 Å². The second-order valence-corrected chi connectivity index (χ2v) is 5.05. The minimum absolute atomic E-state index is 0.116. The second-order valence-electron chi connectivity index (χ2n) is 5.05. The third-order valence-electron chi connectivity index (χ3n) is 3.52. The fourth-order valence-corrected chi connectivity index (χ4v) is 2.15. The van der Waals surface area contributed by atoms with E-state index in [1.165, 1.54) is 0 Å². The van der Waals surface area contributed by atoms with E-state index < -0.39 is 6.04 Å². The predicted molar refractivity (Wildman–Crippen MR) is 83.0 cm³/mol. The number of rotatable bonds is 4. The molecule has 112 valence electrons. The molecule has 1 unspecified atom stereocenters. The highest BCUT2D eigenvalue weighted by Crippen LogP contribution is 2.20. The van der Waals surface area contributed by atoms with E-state index in [1.807, 2.05) is 6.92 Å². The highest BCUT2D eigenvalue weighted by molar-refractivity contribution is 6.08. The van der Waals surface area contributed by atoms with Gasteiger partial charge >= 0.3 is 0 Å². The topological polar surface area (TPSA) is 91.2 Å². The van der Waals surface area contributed by atoms with Crippen LogP contribution < -0.4 is 11.1 Å². The van der Waals surface area contributed by atoms with E-state index >= 15 is 0 Å². The molecule has 6 nitrogen and oxygen atoms in total. The van der Waals surface area contributed by atoms with Crippen molar-refractivity contribution in [1.82, 2.24) is 15.2 Å². The van der Waals surface area contributed by atoms with E-state index in [0.717, 1.165) is 10.9 Å². The third-order valence-corrected chi connectivity index (χ3v) is 3.52. The first-order valence-corrected chi connectivity index (χ1v) is 6.86. The van der Waals surface area contributed by atoms with Crippen LogP contribution in [-0.4, -0.2) is 41.3 Å². The summed E-state index contributed by atoms with van der Waals surface area (Å²) in [6, 6.07) is 4.74. The highest BCUT2D eigenvalue weighted by Gasteiger charge is 2.20. The molecule has 6 heteroatoms.